The third-order valence-electron chi connectivity index (χ3n) is 16.7. The molecule has 0 aromatic carbocycles. The molecule has 76 heavy (non-hydrogen) atoms. The van der Waals surface area contributed by atoms with Crippen LogP contribution < -0.4 is 5.32 Å². The average molecular weight is 1080 g/mol. The number of hydrogen-bond donors (Lipinski definition) is 8. The number of nitrogens with one attached hydrogen (secondary N) is 1. The van der Waals surface area contributed by atoms with E-state index < -0.39 is 74.2 Å². The van der Waals surface area contributed by atoms with Crippen LogP contribution in [-0.4, -0.2) is 110 Å². The summed E-state index contributed by atoms with van der Waals surface area (Å²) in [5.41, 5.74) is 0. The molecule has 1 saturated heterocycles. The van der Waals surface area contributed by atoms with Gasteiger partial charge in [0, 0.05) is 0 Å². The number of carbonyl (C=O) groups excluding carboxylic acids is 1. The van der Waals surface area contributed by atoms with Gasteiger partial charge in [-0.15, -0.1) is 0 Å². The molecule has 1 amide bonds. The van der Waals surface area contributed by atoms with Crippen molar-refractivity contribution in [2.75, 3.05) is 13.2 Å². The van der Waals surface area contributed by atoms with Gasteiger partial charge in [0.25, 0.3) is 0 Å². The second kappa shape index (κ2) is 54.7. The summed E-state index contributed by atoms with van der Waals surface area (Å²) < 4.78 is 11.2. The molecule has 1 aliphatic rings. The molecular weight excluding hydrogens is 955 g/mol. The van der Waals surface area contributed by atoms with Crippen LogP contribution in [-0.2, 0) is 14.3 Å². The lowest BCUT2D eigenvalue weighted by Gasteiger charge is -2.40. The fourth-order valence-electron chi connectivity index (χ4n) is 11.3. The Labute approximate surface area is 469 Å². The zero-order chi connectivity index (χ0) is 55.4. The molecule has 11 heteroatoms. The Morgan fingerprint density at radius 3 is 0.974 bits per heavy atom. The van der Waals surface area contributed by atoms with Crippen molar-refractivity contribution >= 4 is 5.91 Å². The largest absolute Gasteiger partial charge is 0.394 e. The van der Waals surface area contributed by atoms with Gasteiger partial charge in [-0.3, -0.25) is 4.79 Å². The van der Waals surface area contributed by atoms with Crippen LogP contribution in [0.5, 0.6) is 0 Å². The minimum absolute atomic E-state index is 0.268. The van der Waals surface area contributed by atoms with Crippen molar-refractivity contribution in [1.29, 1.82) is 0 Å². The number of unbranched alkanes of at least 4 members (excludes halogenated alkanes) is 47. The zero-order valence-corrected chi connectivity index (χ0v) is 50.0. The number of hydrogen-bond acceptors (Lipinski definition) is 10. The first-order chi connectivity index (χ1) is 37.2. The highest BCUT2D eigenvalue weighted by atomic mass is 16.7. The van der Waals surface area contributed by atoms with Gasteiger partial charge < -0.3 is 50.5 Å². The van der Waals surface area contributed by atoms with Crippen LogP contribution in [0.25, 0.3) is 0 Å². The van der Waals surface area contributed by atoms with Crippen LogP contribution in [0.3, 0.4) is 0 Å². The molecule has 0 bridgehead atoms. The van der Waals surface area contributed by atoms with E-state index in [0.717, 1.165) is 38.5 Å². The molecule has 9 unspecified atom stereocenters. The first kappa shape index (κ1) is 73.1. The highest BCUT2D eigenvalue weighted by Crippen LogP contribution is 2.24. The summed E-state index contributed by atoms with van der Waals surface area (Å²) in [6.45, 7) is 3.52. The highest BCUT2D eigenvalue weighted by molar-refractivity contribution is 5.80. The third kappa shape index (κ3) is 42.0. The molecular formula is C65H129NO10. The Balaban J connectivity index is 2.21. The van der Waals surface area contributed by atoms with E-state index in [2.05, 4.69) is 19.2 Å². The average Bonchev–Trinajstić information content (AvgIpc) is 3.42. The van der Waals surface area contributed by atoms with Gasteiger partial charge in [0.1, 0.15) is 36.6 Å². The van der Waals surface area contributed by atoms with Crippen molar-refractivity contribution in [3.63, 3.8) is 0 Å². The number of carbonyl (C=O) groups is 1. The molecule has 9 atom stereocenters. The second-order valence-corrected chi connectivity index (χ2v) is 23.9. The highest BCUT2D eigenvalue weighted by Gasteiger charge is 2.44. The summed E-state index contributed by atoms with van der Waals surface area (Å²) in [6.07, 6.45) is 53.1. The maximum atomic E-state index is 13.2. The number of rotatable bonds is 59. The van der Waals surface area contributed by atoms with Gasteiger partial charge in [0.05, 0.1) is 25.4 Å². The van der Waals surface area contributed by atoms with E-state index in [-0.39, 0.29) is 6.42 Å². The van der Waals surface area contributed by atoms with E-state index in [1.54, 1.807) is 0 Å². The molecule has 11 nitrogen and oxygen atoms in total. The van der Waals surface area contributed by atoms with Crippen LogP contribution in [0.4, 0.5) is 0 Å². The van der Waals surface area contributed by atoms with E-state index in [1.807, 2.05) is 0 Å². The van der Waals surface area contributed by atoms with E-state index in [0.29, 0.717) is 19.3 Å². The molecule has 1 rings (SSSR count). The second-order valence-electron chi connectivity index (χ2n) is 23.9. The van der Waals surface area contributed by atoms with Crippen LogP contribution >= 0.6 is 0 Å². The van der Waals surface area contributed by atoms with Gasteiger partial charge in [-0.2, -0.15) is 0 Å². The lowest BCUT2D eigenvalue weighted by Crippen LogP contribution is -2.60. The molecule has 0 aromatic heterocycles. The Morgan fingerprint density at radius 1 is 0.408 bits per heavy atom. The fraction of sp³-hybridized carbons (Fsp3) is 0.985. The molecule has 1 heterocycles. The number of ether oxygens (including phenoxy) is 2. The van der Waals surface area contributed by atoms with E-state index in [4.69, 9.17) is 9.47 Å². The lowest BCUT2D eigenvalue weighted by molar-refractivity contribution is -0.303. The predicted molar refractivity (Wildman–Crippen MR) is 316 cm³/mol. The Bertz CT molecular complexity index is 1200. The van der Waals surface area contributed by atoms with E-state index in [9.17, 15) is 40.5 Å². The number of amides is 1. The summed E-state index contributed by atoms with van der Waals surface area (Å²) in [5, 5.41) is 76.4. The lowest BCUT2D eigenvalue weighted by atomic mass is 9.98. The van der Waals surface area contributed by atoms with Crippen molar-refractivity contribution in [3.05, 3.63) is 0 Å². The minimum Gasteiger partial charge on any atom is -0.394 e. The molecule has 1 fully saturated rings. The van der Waals surface area contributed by atoms with Crippen molar-refractivity contribution < 1.29 is 50.0 Å². The molecule has 0 spiro atoms. The van der Waals surface area contributed by atoms with Crippen molar-refractivity contribution in [1.82, 2.24) is 5.32 Å². The maximum absolute atomic E-state index is 13.2. The fourth-order valence-corrected chi connectivity index (χ4v) is 11.3. The zero-order valence-electron chi connectivity index (χ0n) is 50.0. The Kier molecular flexibility index (Phi) is 52.6. The van der Waals surface area contributed by atoms with E-state index >= 15 is 0 Å². The molecule has 0 aliphatic carbocycles. The Morgan fingerprint density at radius 2 is 0.684 bits per heavy atom. The summed E-state index contributed by atoms with van der Waals surface area (Å²) in [5.74, 6) is -0.687. The molecule has 0 radical (unpaired) electrons. The van der Waals surface area contributed by atoms with Crippen molar-refractivity contribution in [2.24, 2.45) is 0 Å². The molecule has 8 N–H and O–H groups in total. The monoisotopic (exact) mass is 1080 g/mol. The first-order valence-electron chi connectivity index (χ1n) is 33.4. The van der Waals surface area contributed by atoms with Gasteiger partial charge in [-0.05, 0) is 12.8 Å². The van der Waals surface area contributed by atoms with Gasteiger partial charge in [-0.25, -0.2) is 0 Å². The van der Waals surface area contributed by atoms with Gasteiger partial charge in [0.15, 0.2) is 6.29 Å². The summed E-state index contributed by atoms with van der Waals surface area (Å²) in [4.78, 5) is 13.2. The quantitative estimate of drug-likeness (QED) is 0.0272. The standard InChI is InChI=1S/C65H129NO10/c1-3-5-7-9-11-13-15-17-19-21-23-25-26-27-28-29-30-31-33-35-37-39-41-43-45-47-49-51-53-58(69)64(74)66-56(55-75-65-63(73)62(72)61(71)59(54-67)76-65)60(70)57(68)52-50-48-46-44-42-40-38-36-34-32-24-22-20-18-16-14-12-10-8-6-4-2/h56-63,65,67-73H,3-55H2,1-2H3,(H,66,74). The smallest absolute Gasteiger partial charge is 0.249 e. The van der Waals surface area contributed by atoms with Gasteiger partial charge >= 0.3 is 0 Å². The molecule has 1 aliphatic heterocycles. The summed E-state index contributed by atoms with van der Waals surface area (Å²) in [6, 6.07) is -1.16. The van der Waals surface area contributed by atoms with Crippen LogP contribution in [0.15, 0.2) is 0 Å². The van der Waals surface area contributed by atoms with Crippen molar-refractivity contribution in [2.45, 2.75) is 396 Å². The SMILES string of the molecule is CCCCCCCCCCCCCCCCCCCCCCCCCCCCCCC(O)C(=O)NC(COC1OC(CO)C(O)C(O)C1O)C(O)C(O)CCCCCCCCCCCCCCCCCCCCCCC. The maximum Gasteiger partial charge on any atom is 0.249 e. The number of aliphatic hydroxyl groups excluding tert-OH is 7. The van der Waals surface area contributed by atoms with Gasteiger partial charge in [-0.1, -0.05) is 328 Å². The first-order valence-corrected chi connectivity index (χ1v) is 33.4. The molecule has 0 aromatic rings. The molecule has 0 saturated carbocycles. The summed E-state index contributed by atoms with van der Waals surface area (Å²) >= 11 is 0. The van der Waals surface area contributed by atoms with Crippen LogP contribution in [0.1, 0.15) is 341 Å². The minimum atomic E-state index is -1.66. The third-order valence-corrected chi connectivity index (χ3v) is 16.7. The number of aliphatic hydroxyl groups is 7. The predicted octanol–water partition coefficient (Wildman–Crippen LogP) is 15.3. The van der Waals surface area contributed by atoms with Crippen LogP contribution in [0.2, 0.25) is 0 Å². The molecule has 454 valence electrons. The van der Waals surface area contributed by atoms with Gasteiger partial charge in [0.2, 0.25) is 5.91 Å². The van der Waals surface area contributed by atoms with Crippen LogP contribution in [0, 0.1) is 0 Å². The van der Waals surface area contributed by atoms with Crippen molar-refractivity contribution in [3.8, 4) is 0 Å². The Hall–Kier alpha value is -0.890. The normalized spacial score (nSPS) is 19.5. The van der Waals surface area contributed by atoms with E-state index in [1.165, 1.54) is 263 Å². The summed E-state index contributed by atoms with van der Waals surface area (Å²) in [7, 11) is 0. The topological polar surface area (TPSA) is 189 Å².